The lowest BCUT2D eigenvalue weighted by Gasteiger charge is -2.24. The minimum atomic E-state index is -0.535. The first kappa shape index (κ1) is 12.9. The molecule has 0 spiro atoms. The summed E-state index contributed by atoms with van der Waals surface area (Å²) in [4.78, 5) is 2.54. The Hall–Kier alpha value is -0.120. The van der Waals surface area contributed by atoms with Gasteiger partial charge >= 0.3 is 0 Å². The van der Waals surface area contributed by atoms with Crippen LogP contribution in [-0.2, 0) is 0 Å². The Morgan fingerprint density at radius 2 is 2.20 bits per heavy atom. The molecule has 1 heterocycles. The van der Waals surface area contributed by atoms with E-state index in [1.165, 1.54) is 19.4 Å². The molecule has 0 aromatic carbocycles. The van der Waals surface area contributed by atoms with Crippen molar-refractivity contribution >= 4 is 0 Å². The molecule has 1 fully saturated rings. The average Bonchev–Trinajstić information content (AvgIpc) is 2.58. The van der Waals surface area contributed by atoms with Gasteiger partial charge in [0.1, 0.15) is 0 Å². The molecule has 1 saturated heterocycles. The second-order valence-corrected chi connectivity index (χ2v) is 5.19. The van der Waals surface area contributed by atoms with Gasteiger partial charge in [0.25, 0.3) is 0 Å². The molecule has 2 N–H and O–H groups in total. The van der Waals surface area contributed by atoms with E-state index >= 15 is 0 Å². The fourth-order valence-electron chi connectivity index (χ4n) is 2.21. The quantitative estimate of drug-likeness (QED) is 0.653. The molecule has 0 saturated carbocycles. The van der Waals surface area contributed by atoms with Crippen LogP contribution in [0.25, 0.3) is 0 Å². The minimum absolute atomic E-state index is 0.535. The molecule has 0 aromatic heterocycles. The van der Waals surface area contributed by atoms with Gasteiger partial charge in [-0.3, -0.25) is 4.90 Å². The van der Waals surface area contributed by atoms with Crippen molar-refractivity contribution in [3.8, 4) is 0 Å². The lowest BCUT2D eigenvalue weighted by atomic mass is 10.1. The number of likely N-dealkylation sites (N-methyl/N-ethyl adjacent to an activating group) is 1. The maximum atomic E-state index is 9.56. The number of likely N-dealkylation sites (tertiary alicyclic amines) is 1. The van der Waals surface area contributed by atoms with Crippen molar-refractivity contribution in [1.82, 2.24) is 10.2 Å². The molecule has 3 nitrogen and oxygen atoms in total. The average molecular weight is 214 g/mol. The molecule has 0 aromatic rings. The standard InChI is InChI=1S/C12H26N2O/c1-4-14-9-5-6-11(14)10-13-8-7-12(2,3)15/h11,13,15H,4-10H2,1-3H3. The van der Waals surface area contributed by atoms with Gasteiger partial charge in [-0.25, -0.2) is 0 Å². The van der Waals surface area contributed by atoms with Crippen molar-refractivity contribution in [2.75, 3.05) is 26.2 Å². The monoisotopic (exact) mass is 214 g/mol. The third-order valence-electron chi connectivity index (χ3n) is 3.20. The highest BCUT2D eigenvalue weighted by Crippen LogP contribution is 2.15. The van der Waals surface area contributed by atoms with Crippen LogP contribution in [0.2, 0.25) is 0 Å². The van der Waals surface area contributed by atoms with Crippen molar-refractivity contribution in [2.45, 2.75) is 51.7 Å². The van der Waals surface area contributed by atoms with E-state index in [0.29, 0.717) is 0 Å². The number of hydrogen-bond acceptors (Lipinski definition) is 3. The number of aliphatic hydroxyl groups is 1. The summed E-state index contributed by atoms with van der Waals surface area (Å²) in [7, 11) is 0. The fourth-order valence-corrected chi connectivity index (χ4v) is 2.21. The first-order valence-corrected chi connectivity index (χ1v) is 6.20. The lowest BCUT2D eigenvalue weighted by molar-refractivity contribution is 0.0707. The Labute approximate surface area is 93.9 Å². The highest BCUT2D eigenvalue weighted by Gasteiger charge is 2.22. The van der Waals surface area contributed by atoms with Crippen LogP contribution in [0.4, 0.5) is 0 Å². The SMILES string of the molecule is CCN1CCCC1CNCCC(C)(C)O. The largest absolute Gasteiger partial charge is 0.390 e. The number of hydrogen-bond donors (Lipinski definition) is 2. The van der Waals surface area contributed by atoms with Gasteiger partial charge in [-0.15, -0.1) is 0 Å². The number of nitrogens with one attached hydrogen (secondary N) is 1. The molecule has 90 valence electrons. The van der Waals surface area contributed by atoms with Crippen molar-refractivity contribution in [3.05, 3.63) is 0 Å². The summed E-state index contributed by atoms with van der Waals surface area (Å²) in [5, 5.41) is 13.0. The summed E-state index contributed by atoms with van der Waals surface area (Å²) < 4.78 is 0. The van der Waals surface area contributed by atoms with Gasteiger partial charge in [-0.2, -0.15) is 0 Å². The van der Waals surface area contributed by atoms with Crippen LogP contribution in [0, 0.1) is 0 Å². The Balaban J connectivity index is 2.09. The Morgan fingerprint density at radius 1 is 1.47 bits per heavy atom. The molecule has 0 bridgehead atoms. The van der Waals surface area contributed by atoms with Gasteiger partial charge in [-0.05, 0) is 52.7 Å². The van der Waals surface area contributed by atoms with Gasteiger partial charge in [0.2, 0.25) is 0 Å². The van der Waals surface area contributed by atoms with Crippen molar-refractivity contribution in [1.29, 1.82) is 0 Å². The zero-order chi connectivity index (χ0) is 11.3. The van der Waals surface area contributed by atoms with Crippen LogP contribution >= 0.6 is 0 Å². The molecule has 0 amide bonds. The number of nitrogens with zero attached hydrogens (tertiary/aromatic N) is 1. The molecule has 1 unspecified atom stereocenters. The summed E-state index contributed by atoms with van der Waals surface area (Å²) in [5.41, 5.74) is -0.535. The summed E-state index contributed by atoms with van der Waals surface area (Å²) in [6.07, 6.45) is 3.49. The smallest absolute Gasteiger partial charge is 0.0603 e. The maximum Gasteiger partial charge on any atom is 0.0603 e. The van der Waals surface area contributed by atoms with E-state index in [2.05, 4.69) is 17.1 Å². The molecule has 15 heavy (non-hydrogen) atoms. The van der Waals surface area contributed by atoms with Crippen LogP contribution in [-0.4, -0.2) is 47.8 Å². The first-order chi connectivity index (χ1) is 7.03. The van der Waals surface area contributed by atoms with Gasteiger partial charge < -0.3 is 10.4 Å². The Bertz CT molecular complexity index is 177. The van der Waals surface area contributed by atoms with Crippen LogP contribution in [0.5, 0.6) is 0 Å². The summed E-state index contributed by atoms with van der Waals surface area (Å²) in [5.74, 6) is 0. The molecule has 3 heteroatoms. The van der Waals surface area contributed by atoms with Gasteiger partial charge in [0.05, 0.1) is 5.60 Å². The summed E-state index contributed by atoms with van der Waals surface area (Å²) in [6, 6.07) is 0.719. The molecule has 1 atom stereocenters. The van der Waals surface area contributed by atoms with Crippen LogP contribution < -0.4 is 5.32 Å². The van der Waals surface area contributed by atoms with Crippen molar-refractivity contribution in [3.63, 3.8) is 0 Å². The molecule has 0 radical (unpaired) electrons. The van der Waals surface area contributed by atoms with Gasteiger partial charge in [0.15, 0.2) is 0 Å². The van der Waals surface area contributed by atoms with Crippen molar-refractivity contribution in [2.24, 2.45) is 0 Å². The predicted molar refractivity (Wildman–Crippen MR) is 64.1 cm³/mol. The summed E-state index contributed by atoms with van der Waals surface area (Å²) >= 11 is 0. The Kier molecular flexibility index (Phi) is 5.03. The molecule has 1 aliphatic rings. The number of rotatable bonds is 6. The highest BCUT2D eigenvalue weighted by molar-refractivity contribution is 4.80. The fraction of sp³-hybridized carbons (Fsp3) is 1.00. The van der Waals surface area contributed by atoms with Crippen LogP contribution in [0.3, 0.4) is 0 Å². The van der Waals surface area contributed by atoms with E-state index < -0.39 is 5.60 Å². The van der Waals surface area contributed by atoms with E-state index in [1.807, 2.05) is 13.8 Å². The zero-order valence-corrected chi connectivity index (χ0v) is 10.4. The lowest BCUT2D eigenvalue weighted by Crippen LogP contribution is -2.39. The zero-order valence-electron chi connectivity index (χ0n) is 10.4. The van der Waals surface area contributed by atoms with E-state index in [9.17, 15) is 5.11 Å². The molecule has 0 aliphatic carbocycles. The molecule has 1 aliphatic heterocycles. The third-order valence-corrected chi connectivity index (χ3v) is 3.20. The molecular formula is C12H26N2O. The second kappa shape index (κ2) is 5.83. The van der Waals surface area contributed by atoms with E-state index in [4.69, 9.17) is 0 Å². The van der Waals surface area contributed by atoms with Crippen LogP contribution in [0.1, 0.15) is 40.0 Å². The summed E-state index contributed by atoms with van der Waals surface area (Å²) in [6.45, 7) is 10.4. The maximum absolute atomic E-state index is 9.56. The van der Waals surface area contributed by atoms with E-state index in [1.54, 1.807) is 0 Å². The van der Waals surface area contributed by atoms with Gasteiger partial charge in [-0.1, -0.05) is 6.92 Å². The topological polar surface area (TPSA) is 35.5 Å². The minimum Gasteiger partial charge on any atom is -0.390 e. The van der Waals surface area contributed by atoms with Crippen molar-refractivity contribution < 1.29 is 5.11 Å². The van der Waals surface area contributed by atoms with E-state index in [0.717, 1.165) is 32.1 Å². The third kappa shape index (κ3) is 4.96. The van der Waals surface area contributed by atoms with Crippen LogP contribution in [0.15, 0.2) is 0 Å². The Morgan fingerprint density at radius 3 is 2.80 bits per heavy atom. The van der Waals surface area contributed by atoms with E-state index in [-0.39, 0.29) is 0 Å². The molecule has 1 rings (SSSR count). The first-order valence-electron chi connectivity index (χ1n) is 6.20. The molecular weight excluding hydrogens is 188 g/mol. The highest BCUT2D eigenvalue weighted by atomic mass is 16.3. The normalized spacial score (nSPS) is 23.6. The van der Waals surface area contributed by atoms with Gasteiger partial charge in [0, 0.05) is 12.6 Å². The second-order valence-electron chi connectivity index (χ2n) is 5.19. The predicted octanol–water partition coefficient (Wildman–Crippen LogP) is 1.22.